The van der Waals surface area contributed by atoms with Crippen molar-refractivity contribution >= 4 is 35.1 Å². The van der Waals surface area contributed by atoms with Gasteiger partial charge < -0.3 is 4.84 Å². The van der Waals surface area contributed by atoms with E-state index in [9.17, 15) is 19.2 Å². The fraction of sp³-hybridized carbons (Fsp3) is 0.261. The second-order valence-corrected chi connectivity index (χ2v) is 8.38. The lowest BCUT2D eigenvalue weighted by atomic mass is 9.87. The molecule has 8 heteroatoms. The summed E-state index contributed by atoms with van der Waals surface area (Å²) in [7, 11) is 0. The first-order chi connectivity index (χ1) is 14.7. The molecule has 2 aliphatic heterocycles. The maximum absolute atomic E-state index is 12.6. The van der Waals surface area contributed by atoms with Crippen LogP contribution in [0, 0.1) is 0 Å². The summed E-state index contributed by atoms with van der Waals surface area (Å²) in [6.07, 6.45) is 0.106. The zero-order chi connectivity index (χ0) is 22.3. The van der Waals surface area contributed by atoms with Gasteiger partial charge in [-0.2, -0.15) is 5.10 Å². The Hall–Kier alpha value is -3.81. The first-order valence-corrected chi connectivity index (χ1v) is 9.88. The first-order valence-electron chi connectivity index (χ1n) is 9.88. The highest BCUT2D eigenvalue weighted by molar-refractivity contribution is 6.38. The number of carbonyl (C=O) groups is 4. The van der Waals surface area contributed by atoms with Gasteiger partial charge in [-0.05, 0) is 35.2 Å². The number of hydrogen-bond donors (Lipinski definition) is 0. The second-order valence-electron chi connectivity index (χ2n) is 8.38. The summed E-state index contributed by atoms with van der Waals surface area (Å²) in [4.78, 5) is 54.9. The molecule has 0 bridgehead atoms. The van der Waals surface area contributed by atoms with Gasteiger partial charge in [0.15, 0.2) is 0 Å². The van der Waals surface area contributed by atoms with Crippen LogP contribution < -0.4 is 5.01 Å². The lowest BCUT2D eigenvalue weighted by Crippen LogP contribution is -2.39. The van der Waals surface area contributed by atoms with Crippen LogP contribution in [0.2, 0.25) is 0 Å². The third-order valence-corrected chi connectivity index (χ3v) is 5.18. The summed E-state index contributed by atoms with van der Waals surface area (Å²) < 4.78 is 0. The highest BCUT2D eigenvalue weighted by atomic mass is 16.7. The predicted octanol–water partition coefficient (Wildman–Crippen LogP) is 3.22. The van der Waals surface area contributed by atoms with Gasteiger partial charge in [0.1, 0.15) is 5.71 Å². The van der Waals surface area contributed by atoms with E-state index in [0.717, 1.165) is 10.6 Å². The molecule has 2 aliphatic rings. The molecule has 0 aliphatic carbocycles. The van der Waals surface area contributed by atoms with Gasteiger partial charge in [0.2, 0.25) is 5.91 Å². The maximum Gasteiger partial charge on any atom is 0.379 e. The normalized spacial score (nSPS) is 16.4. The summed E-state index contributed by atoms with van der Waals surface area (Å²) >= 11 is 0. The van der Waals surface area contributed by atoms with Gasteiger partial charge >= 0.3 is 5.97 Å². The van der Waals surface area contributed by atoms with E-state index >= 15 is 0 Å². The lowest BCUT2D eigenvalue weighted by molar-refractivity contribution is -0.159. The van der Waals surface area contributed by atoms with Gasteiger partial charge in [-0.1, -0.05) is 50.1 Å². The van der Waals surface area contributed by atoms with Crippen molar-refractivity contribution in [3.8, 4) is 0 Å². The van der Waals surface area contributed by atoms with E-state index in [0.29, 0.717) is 10.8 Å². The number of rotatable bonds is 3. The van der Waals surface area contributed by atoms with Crippen molar-refractivity contribution in [1.29, 1.82) is 0 Å². The Morgan fingerprint density at radius 2 is 1.48 bits per heavy atom. The molecular weight excluding hydrogens is 398 g/mol. The third-order valence-electron chi connectivity index (χ3n) is 5.18. The van der Waals surface area contributed by atoms with Crippen LogP contribution in [0.15, 0.2) is 53.6 Å². The van der Waals surface area contributed by atoms with Gasteiger partial charge in [-0.15, -0.1) is 0 Å². The van der Waals surface area contributed by atoms with Crippen molar-refractivity contribution in [2.45, 2.75) is 39.0 Å². The summed E-state index contributed by atoms with van der Waals surface area (Å²) in [5.41, 5.74) is 1.85. The minimum absolute atomic E-state index is 0.0453. The van der Waals surface area contributed by atoms with E-state index in [4.69, 9.17) is 4.84 Å². The van der Waals surface area contributed by atoms with Crippen LogP contribution >= 0.6 is 0 Å². The minimum Gasteiger partial charge on any atom is -0.323 e. The molecule has 0 radical (unpaired) electrons. The molecule has 0 aromatic heterocycles. The molecule has 0 unspecified atom stereocenters. The van der Waals surface area contributed by atoms with E-state index in [1.165, 1.54) is 12.1 Å². The molecule has 2 aromatic carbocycles. The summed E-state index contributed by atoms with van der Waals surface area (Å²) in [5, 5.41) is 5.73. The quantitative estimate of drug-likeness (QED) is 0.712. The Kier molecular flexibility index (Phi) is 4.93. The Balaban J connectivity index is 1.54. The number of hydroxylamine groups is 2. The molecule has 8 nitrogen and oxygen atoms in total. The van der Waals surface area contributed by atoms with Crippen molar-refractivity contribution in [3.63, 3.8) is 0 Å². The summed E-state index contributed by atoms with van der Waals surface area (Å²) in [6.45, 7) is 6.25. The molecule has 0 spiro atoms. The van der Waals surface area contributed by atoms with Gasteiger partial charge in [0.05, 0.1) is 16.8 Å². The monoisotopic (exact) mass is 419 g/mol. The maximum atomic E-state index is 12.6. The molecular formula is C23H21N3O5. The van der Waals surface area contributed by atoms with Crippen LogP contribution in [0.3, 0.4) is 0 Å². The predicted molar refractivity (Wildman–Crippen MR) is 112 cm³/mol. The van der Waals surface area contributed by atoms with Crippen molar-refractivity contribution in [1.82, 2.24) is 5.06 Å². The highest BCUT2D eigenvalue weighted by Crippen LogP contribution is 2.27. The molecule has 0 atom stereocenters. The Morgan fingerprint density at radius 1 is 0.903 bits per heavy atom. The first kappa shape index (κ1) is 20.5. The number of fused-ring (bicyclic) bond motifs is 1. The van der Waals surface area contributed by atoms with E-state index in [1.807, 2.05) is 12.1 Å². The standard InChI is InChI=1S/C23H21N3O5/c1-23(2,3)14-8-10-15(11-9-14)25-19(27)13-12-18(24-25)22(30)31-26-20(28)16-6-4-5-7-17(16)21(26)29/h4-11H,12-13H2,1-3H3. The number of hydrogen-bond acceptors (Lipinski definition) is 6. The van der Waals surface area contributed by atoms with Crippen LogP contribution in [0.4, 0.5) is 5.69 Å². The average Bonchev–Trinajstić information content (AvgIpc) is 2.98. The number of imide groups is 1. The van der Waals surface area contributed by atoms with Crippen molar-refractivity contribution in [2.24, 2.45) is 5.10 Å². The average molecular weight is 419 g/mol. The van der Waals surface area contributed by atoms with Gasteiger partial charge in [0.25, 0.3) is 11.8 Å². The zero-order valence-electron chi connectivity index (χ0n) is 17.4. The number of hydrazone groups is 1. The molecule has 3 amide bonds. The molecule has 0 fully saturated rings. The van der Waals surface area contributed by atoms with Crippen LogP contribution in [-0.2, 0) is 19.8 Å². The molecule has 2 aromatic rings. The fourth-order valence-corrected chi connectivity index (χ4v) is 3.39. The Morgan fingerprint density at radius 3 is 2.03 bits per heavy atom. The SMILES string of the molecule is CC(C)(C)c1ccc(N2N=C(C(=O)ON3C(=O)c4ccccc4C3=O)CCC2=O)cc1. The fourth-order valence-electron chi connectivity index (χ4n) is 3.39. The molecule has 31 heavy (non-hydrogen) atoms. The van der Waals surface area contributed by atoms with Crippen molar-refractivity contribution in [3.05, 3.63) is 65.2 Å². The summed E-state index contributed by atoms with van der Waals surface area (Å²) in [5.74, 6) is -2.63. The molecule has 0 N–H and O–H groups in total. The number of anilines is 1. The number of carbonyl (C=O) groups excluding carboxylic acids is 4. The van der Waals surface area contributed by atoms with Gasteiger partial charge in [-0.25, -0.2) is 9.80 Å². The molecule has 0 saturated heterocycles. The van der Waals surface area contributed by atoms with Crippen molar-refractivity contribution in [2.75, 3.05) is 5.01 Å². The molecule has 158 valence electrons. The third kappa shape index (κ3) is 3.72. The number of nitrogens with zero attached hydrogens (tertiary/aromatic N) is 3. The van der Waals surface area contributed by atoms with Gasteiger partial charge in [-0.3, -0.25) is 14.4 Å². The highest BCUT2D eigenvalue weighted by Gasteiger charge is 2.40. The Bertz CT molecular complexity index is 1090. The van der Waals surface area contributed by atoms with Crippen LogP contribution in [-0.4, -0.2) is 34.5 Å². The zero-order valence-corrected chi connectivity index (χ0v) is 17.4. The van der Waals surface area contributed by atoms with Gasteiger partial charge in [0, 0.05) is 12.8 Å². The summed E-state index contributed by atoms with van der Waals surface area (Å²) in [6, 6.07) is 13.6. The Labute approximate surface area is 179 Å². The number of benzene rings is 2. The van der Waals surface area contributed by atoms with Crippen LogP contribution in [0.25, 0.3) is 0 Å². The lowest BCUT2D eigenvalue weighted by Gasteiger charge is -2.24. The molecule has 4 rings (SSSR count). The van der Waals surface area contributed by atoms with E-state index in [2.05, 4.69) is 25.9 Å². The van der Waals surface area contributed by atoms with E-state index < -0.39 is 17.8 Å². The van der Waals surface area contributed by atoms with Crippen molar-refractivity contribution < 1.29 is 24.0 Å². The largest absolute Gasteiger partial charge is 0.379 e. The molecule has 0 saturated carbocycles. The van der Waals surface area contributed by atoms with E-state index in [-0.39, 0.29) is 41.0 Å². The molecule has 2 heterocycles. The van der Waals surface area contributed by atoms with Crippen LogP contribution in [0.1, 0.15) is 59.9 Å². The topological polar surface area (TPSA) is 96.3 Å². The van der Waals surface area contributed by atoms with E-state index in [1.54, 1.807) is 24.3 Å². The second kappa shape index (κ2) is 7.46. The smallest absolute Gasteiger partial charge is 0.323 e. The van der Waals surface area contributed by atoms with Crippen LogP contribution in [0.5, 0.6) is 0 Å². The number of amides is 3. The minimum atomic E-state index is -0.946.